The molecule has 7 nitrogen and oxygen atoms in total. The van der Waals surface area contributed by atoms with Gasteiger partial charge < -0.3 is 14.8 Å². The lowest BCUT2D eigenvalue weighted by Gasteiger charge is -2.26. The van der Waals surface area contributed by atoms with Crippen LogP contribution < -0.4 is 14.8 Å². The third-order valence-corrected chi connectivity index (χ3v) is 5.33. The Balaban J connectivity index is 1.29. The van der Waals surface area contributed by atoms with Crippen molar-refractivity contribution in [3.8, 4) is 11.5 Å². The maximum absolute atomic E-state index is 12.4. The average Bonchev–Trinajstić information content (AvgIpc) is 2.91. The highest BCUT2D eigenvalue weighted by Gasteiger charge is 2.48. The molecule has 0 radical (unpaired) electrons. The third kappa shape index (κ3) is 3.13. The molecule has 7 heteroatoms. The fourth-order valence-corrected chi connectivity index (χ4v) is 3.98. The minimum absolute atomic E-state index is 0.193. The highest BCUT2D eigenvalue weighted by atomic mass is 16.6. The number of amides is 3. The number of carbonyl (C=O) groups is 3. The first-order valence-electron chi connectivity index (χ1n) is 9.14. The molecule has 2 fully saturated rings. The van der Waals surface area contributed by atoms with E-state index in [-0.39, 0.29) is 48.8 Å². The minimum atomic E-state index is -0.354. The molecule has 3 atom stereocenters. The number of nitrogens with zero attached hydrogens (tertiary/aromatic N) is 1. The molecule has 1 saturated heterocycles. The van der Waals surface area contributed by atoms with Crippen LogP contribution in [0.2, 0.25) is 0 Å². The molecule has 2 aliphatic heterocycles. The number of imide groups is 1. The van der Waals surface area contributed by atoms with E-state index < -0.39 is 0 Å². The van der Waals surface area contributed by atoms with Crippen LogP contribution in [0, 0.1) is 11.8 Å². The molecule has 3 aliphatic rings. The number of carbonyl (C=O) groups excluding carboxylic acids is 3. The van der Waals surface area contributed by atoms with Gasteiger partial charge in [0.1, 0.15) is 19.3 Å². The molecule has 0 unspecified atom stereocenters. The van der Waals surface area contributed by atoms with Crippen molar-refractivity contribution in [1.82, 2.24) is 10.2 Å². The van der Waals surface area contributed by atoms with Gasteiger partial charge in [-0.3, -0.25) is 19.3 Å². The first-order chi connectivity index (χ1) is 12.6. The zero-order valence-corrected chi connectivity index (χ0v) is 14.5. The SMILES string of the molecule is O=C(CN1C(=O)[C@@H]2CCCC[C@H]2C1=O)NC[C@@H]1COc2ccccc2O1. The van der Waals surface area contributed by atoms with Crippen molar-refractivity contribution in [2.75, 3.05) is 19.7 Å². The Morgan fingerprint density at radius 1 is 1.08 bits per heavy atom. The molecule has 0 bridgehead atoms. The molecular formula is C19H22N2O5. The summed E-state index contributed by atoms with van der Waals surface area (Å²) in [5, 5.41) is 2.74. The summed E-state index contributed by atoms with van der Waals surface area (Å²) in [5.41, 5.74) is 0. The van der Waals surface area contributed by atoms with E-state index in [1.807, 2.05) is 24.3 Å². The Morgan fingerprint density at radius 3 is 2.42 bits per heavy atom. The second kappa shape index (κ2) is 6.97. The molecule has 1 N–H and O–H groups in total. The van der Waals surface area contributed by atoms with Crippen LogP contribution in [0.5, 0.6) is 11.5 Å². The van der Waals surface area contributed by atoms with Gasteiger partial charge in [0.25, 0.3) is 0 Å². The average molecular weight is 358 g/mol. The molecule has 1 aromatic rings. The van der Waals surface area contributed by atoms with Gasteiger partial charge in [-0.2, -0.15) is 0 Å². The van der Waals surface area contributed by atoms with Gasteiger partial charge in [-0.15, -0.1) is 0 Å². The maximum atomic E-state index is 12.4. The quantitative estimate of drug-likeness (QED) is 0.816. The lowest BCUT2D eigenvalue weighted by molar-refractivity contribution is -0.143. The molecule has 1 aliphatic carbocycles. The molecular weight excluding hydrogens is 336 g/mol. The van der Waals surface area contributed by atoms with E-state index in [1.165, 1.54) is 0 Å². The fourth-order valence-electron chi connectivity index (χ4n) is 3.98. The molecule has 1 saturated carbocycles. The van der Waals surface area contributed by atoms with Gasteiger partial charge in [-0.05, 0) is 25.0 Å². The van der Waals surface area contributed by atoms with Gasteiger partial charge in [-0.1, -0.05) is 25.0 Å². The van der Waals surface area contributed by atoms with Crippen LogP contribution in [0.1, 0.15) is 25.7 Å². The van der Waals surface area contributed by atoms with Crippen molar-refractivity contribution in [2.45, 2.75) is 31.8 Å². The molecule has 3 amide bonds. The summed E-state index contributed by atoms with van der Waals surface area (Å²) in [5.74, 6) is 0.138. The zero-order valence-electron chi connectivity index (χ0n) is 14.5. The summed E-state index contributed by atoms with van der Waals surface area (Å²) in [4.78, 5) is 38.2. The number of fused-ring (bicyclic) bond motifs is 2. The van der Waals surface area contributed by atoms with E-state index >= 15 is 0 Å². The largest absolute Gasteiger partial charge is 0.486 e. The fraction of sp³-hybridized carbons (Fsp3) is 0.526. The van der Waals surface area contributed by atoms with Gasteiger partial charge in [-0.25, -0.2) is 0 Å². The summed E-state index contributed by atoms with van der Waals surface area (Å²) in [6.45, 7) is 0.383. The lowest BCUT2D eigenvalue weighted by Crippen LogP contribution is -2.45. The van der Waals surface area contributed by atoms with Crippen molar-refractivity contribution >= 4 is 17.7 Å². The molecule has 138 valence electrons. The van der Waals surface area contributed by atoms with Crippen LogP contribution >= 0.6 is 0 Å². The summed E-state index contributed by atoms with van der Waals surface area (Å²) in [7, 11) is 0. The van der Waals surface area contributed by atoms with Crippen LogP contribution in [0.15, 0.2) is 24.3 Å². The Bertz CT molecular complexity index is 710. The lowest BCUT2D eigenvalue weighted by atomic mass is 9.81. The van der Waals surface area contributed by atoms with E-state index in [4.69, 9.17) is 9.47 Å². The van der Waals surface area contributed by atoms with E-state index in [0.29, 0.717) is 18.1 Å². The highest BCUT2D eigenvalue weighted by molar-refractivity contribution is 6.07. The topological polar surface area (TPSA) is 84.9 Å². The van der Waals surface area contributed by atoms with Gasteiger partial charge in [0.2, 0.25) is 17.7 Å². The monoisotopic (exact) mass is 358 g/mol. The number of ether oxygens (including phenoxy) is 2. The van der Waals surface area contributed by atoms with Crippen molar-refractivity contribution in [1.29, 1.82) is 0 Å². The molecule has 4 rings (SSSR count). The number of benzene rings is 1. The third-order valence-electron chi connectivity index (χ3n) is 5.33. The number of hydrogen-bond donors (Lipinski definition) is 1. The van der Waals surface area contributed by atoms with Crippen LogP contribution in [0.4, 0.5) is 0 Å². The van der Waals surface area contributed by atoms with Gasteiger partial charge >= 0.3 is 0 Å². The van der Waals surface area contributed by atoms with Crippen LogP contribution in [-0.2, 0) is 14.4 Å². The Labute approximate surface area is 151 Å². The maximum Gasteiger partial charge on any atom is 0.240 e. The first-order valence-corrected chi connectivity index (χ1v) is 9.14. The van der Waals surface area contributed by atoms with Crippen LogP contribution in [0.25, 0.3) is 0 Å². The normalized spacial score (nSPS) is 27.2. The molecule has 0 aromatic heterocycles. The molecule has 0 spiro atoms. The second-order valence-corrected chi connectivity index (χ2v) is 7.06. The zero-order chi connectivity index (χ0) is 18.1. The minimum Gasteiger partial charge on any atom is -0.486 e. The number of rotatable bonds is 4. The van der Waals surface area contributed by atoms with Crippen LogP contribution in [-0.4, -0.2) is 48.4 Å². The summed E-state index contributed by atoms with van der Waals surface area (Å²) in [6, 6.07) is 7.36. The van der Waals surface area contributed by atoms with E-state index in [9.17, 15) is 14.4 Å². The summed E-state index contributed by atoms with van der Waals surface area (Å²) in [6.07, 6.45) is 3.14. The highest BCUT2D eigenvalue weighted by Crippen LogP contribution is 2.37. The standard InChI is InChI=1S/C19H22N2O5/c22-17(10-21-18(23)13-5-1-2-6-14(13)19(21)24)20-9-12-11-25-15-7-3-4-8-16(15)26-12/h3-4,7-8,12-14H,1-2,5-6,9-11H2,(H,20,22)/t12-,13-,14-/m1/s1. The van der Waals surface area contributed by atoms with E-state index in [2.05, 4.69) is 5.32 Å². The van der Waals surface area contributed by atoms with Gasteiger partial charge in [0.05, 0.1) is 18.4 Å². The van der Waals surface area contributed by atoms with Crippen molar-refractivity contribution in [3.63, 3.8) is 0 Å². The summed E-state index contributed by atoms with van der Waals surface area (Å²) >= 11 is 0. The van der Waals surface area contributed by atoms with Gasteiger partial charge in [0, 0.05) is 0 Å². The van der Waals surface area contributed by atoms with E-state index in [0.717, 1.165) is 30.6 Å². The molecule has 26 heavy (non-hydrogen) atoms. The predicted molar refractivity (Wildman–Crippen MR) is 91.5 cm³/mol. The number of para-hydroxylation sites is 2. The molecule has 1 aromatic carbocycles. The van der Waals surface area contributed by atoms with Crippen molar-refractivity contribution in [2.24, 2.45) is 11.8 Å². The van der Waals surface area contributed by atoms with E-state index in [1.54, 1.807) is 0 Å². The number of nitrogens with one attached hydrogen (secondary N) is 1. The number of likely N-dealkylation sites (tertiary alicyclic amines) is 1. The Hall–Kier alpha value is -2.57. The molecule has 2 heterocycles. The van der Waals surface area contributed by atoms with Crippen LogP contribution in [0.3, 0.4) is 0 Å². The van der Waals surface area contributed by atoms with Crippen molar-refractivity contribution in [3.05, 3.63) is 24.3 Å². The van der Waals surface area contributed by atoms with Gasteiger partial charge in [0.15, 0.2) is 11.5 Å². The Kier molecular flexibility index (Phi) is 4.53. The summed E-state index contributed by atoms with van der Waals surface area (Å²) < 4.78 is 11.4. The smallest absolute Gasteiger partial charge is 0.240 e. The van der Waals surface area contributed by atoms with Crippen molar-refractivity contribution < 1.29 is 23.9 Å². The Morgan fingerprint density at radius 2 is 1.73 bits per heavy atom. The second-order valence-electron chi connectivity index (χ2n) is 7.06. The first kappa shape index (κ1) is 16.9. The number of hydrogen-bond acceptors (Lipinski definition) is 5. The predicted octanol–water partition coefficient (Wildman–Crippen LogP) is 1.12.